The van der Waals surface area contributed by atoms with E-state index >= 15 is 0 Å². The summed E-state index contributed by atoms with van der Waals surface area (Å²) in [6.07, 6.45) is 0.663. The minimum atomic E-state index is -0.766. The normalized spacial score (nSPS) is 16.1. The Morgan fingerprint density at radius 3 is 2.33 bits per heavy atom. The van der Waals surface area contributed by atoms with Gasteiger partial charge in [-0.3, -0.25) is 4.79 Å². The summed E-state index contributed by atoms with van der Waals surface area (Å²) in [7, 11) is 0. The van der Waals surface area contributed by atoms with Gasteiger partial charge in [0.15, 0.2) is 0 Å². The molecule has 0 aromatic heterocycles. The van der Waals surface area contributed by atoms with Crippen LogP contribution in [0, 0.1) is 5.92 Å². The van der Waals surface area contributed by atoms with Gasteiger partial charge in [-0.15, -0.1) is 0 Å². The molecular weight excluding hydrogens is 154 g/mol. The molecule has 0 amide bonds. The van der Waals surface area contributed by atoms with E-state index in [9.17, 15) is 4.79 Å². The van der Waals surface area contributed by atoms with E-state index in [0.29, 0.717) is 18.9 Å². The summed E-state index contributed by atoms with van der Waals surface area (Å²) >= 11 is 0. The average molecular weight is 173 g/mol. The Labute approximate surface area is 74.2 Å². The summed E-state index contributed by atoms with van der Waals surface area (Å²) < 4.78 is 0. The van der Waals surface area contributed by atoms with E-state index in [-0.39, 0.29) is 0 Å². The zero-order chi connectivity index (χ0) is 9.78. The SMILES string of the molecule is CCNC(C)(CC(C)C)C(=O)O. The van der Waals surface area contributed by atoms with Crippen molar-refractivity contribution in [3.63, 3.8) is 0 Å². The molecule has 0 heterocycles. The van der Waals surface area contributed by atoms with Crippen molar-refractivity contribution in [1.29, 1.82) is 0 Å². The van der Waals surface area contributed by atoms with Crippen LogP contribution in [0.25, 0.3) is 0 Å². The summed E-state index contributed by atoms with van der Waals surface area (Å²) in [4.78, 5) is 10.9. The van der Waals surface area contributed by atoms with Crippen molar-refractivity contribution in [3.05, 3.63) is 0 Å². The van der Waals surface area contributed by atoms with Crippen LogP contribution < -0.4 is 5.32 Å². The Bertz CT molecular complexity index is 157. The molecule has 0 aliphatic rings. The van der Waals surface area contributed by atoms with E-state index in [1.54, 1.807) is 6.92 Å². The average Bonchev–Trinajstić information content (AvgIpc) is 1.85. The topological polar surface area (TPSA) is 49.3 Å². The molecule has 2 N–H and O–H groups in total. The molecule has 72 valence electrons. The summed E-state index contributed by atoms with van der Waals surface area (Å²) in [5, 5.41) is 11.9. The van der Waals surface area contributed by atoms with Crippen LogP contribution in [0.2, 0.25) is 0 Å². The van der Waals surface area contributed by atoms with Gasteiger partial charge in [0.2, 0.25) is 0 Å². The van der Waals surface area contributed by atoms with Gasteiger partial charge in [0.05, 0.1) is 0 Å². The number of carboxylic acids is 1. The highest BCUT2D eigenvalue weighted by molar-refractivity contribution is 5.78. The van der Waals surface area contributed by atoms with Gasteiger partial charge in [-0.1, -0.05) is 20.8 Å². The van der Waals surface area contributed by atoms with E-state index in [2.05, 4.69) is 5.32 Å². The second kappa shape index (κ2) is 4.45. The highest BCUT2D eigenvalue weighted by atomic mass is 16.4. The maximum atomic E-state index is 10.9. The van der Waals surface area contributed by atoms with Gasteiger partial charge in [0.1, 0.15) is 5.54 Å². The second-order valence-electron chi connectivity index (χ2n) is 3.77. The van der Waals surface area contributed by atoms with Crippen molar-refractivity contribution in [2.45, 2.75) is 39.7 Å². The minimum absolute atomic E-state index is 0.394. The van der Waals surface area contributed by atoms with Crippen LogP contribution in [0.4, 0.5) is 0 Å². The minimum Gasteiger partial charge on any atom is -0.480 e. The highest BCUT2D eigenvalue weighted by Crippen LogP contribution is 2.16. The largest absolute Gasteiger partial charge is 0.480 e. The van der Waals surface area contributed by atoms with Crippen LogP contribution in [-0.4, -0.2) is 23.2 Å². The first-order valence-electron chi connectivity index (χ1n) is 4.40. The number of nitrogens with one attached hydrogen (secondary N) is 1. The molecule has 0 radical (unpaired) electrons. The first kappa shape index (κ1) is 11.4. The molecule has 0 saturated heterocycles. The number of aliphatic carboxylic acids is 1. The Balaban J connectivity index is 4.28. The van der Waals surface area contributed by atoms with Gasteiger partial charge < -0.3 is 10.4 Å². The number of carbonyl (C=O) groups is 1. The fraction of sp³-hybridized carbons (Fsp3) is 0.889. The number of hydrogen-bond donors (Lipinski definition) is 2. The lowest BCUT2D eigenvalue weighted by Crippen LogP contribution is -2.50. The van der Waals surface area contributed by atoms with E-state index in [1.807, 2.05) is 20.8 Å². The third-order valence-corrected chi connectivity index (χ3v) is 1.86. The van der Waals surface area contributed by atoms with E-state index in [0.717, 1.165) is 0 Å². The first-order valence-corrected chi connectivity index (χ1v) is 4.40. The summed E-state index contributed by atoms with van der Waals surface area (Å²) in [5.74, 6) is -0.372. The summed E-state index contributed by atoms with van der Waals surface area (Å²) in [6.45, 7) is 8.40. The monoisotopic (exact) mass is 173 g/mol. The molecule has 1 atom stereocenters. The van der Waals surface area contributed by atoms with Crippen LogP contribution in [0.3, 0.4) is 0 Å². The molecule has 0 aromatic carbocycles. The summed E-state index contributed by atoms with van der Waals surface area (Å²) in [5.41, 5.74) is -0.761. The number of rotatable bonds is 5. The molecule has 0 aliphatic heterocycles. The van der Waals surface area contributed by atoms with Gasteiger partial charge >= 0.3 is 5.97 Å². The van der Waals surface area contributed by atoms with Gasteiger partial charge in [-0.25, -0.2) is 0 Å². The van der Waals surface area contributed by atoms with Crippen LogP contribution in [-0.2, 0) is 4.79 Å². The summed E-state index contributed by atoms with van der Waals surface area (Å²) in [6, 6.07) is 0. The number of hydrogen-bond acceptors (Lipinski definition) is 2. The number of carboxylic acid groups (broad SMARTS) is 1. The van der Waals surface area contributed by atoms with Crippen molar-refractivity contribution in [3.8, 4) is 0 Å². The zero-order valence-electron chi connectivity index (χ0n) is 8.35. The van der Waals surface area contributed by atoms with Gasteiger partial charge in [0, 0.05) is 0 Å². The maximum Gasteiger partial charge on any atom is 0.323 e. The third-order valence-electron chi connectivity index (χ3n) is 1.86. The molecule has 0 rings (SSSR count). The second-order valence-corrected chi connectivity index (χ2v) is 3.77. The van der Waals surface area contributed by atoms with Gasteiger partial charge in [-0.05, 0) is 25.8 Å². The van der Waals surface area contributed by atoms with Crippen LogP contribution in [0.5, 0.6) is 0 Å². The fourth-order valence-corrected chi connectivity index (χ4v) is 1.44. The van der Waals surface area contributed by atoms with Crippen LogP contribution in [0.1, 0.15) is 34.1 Å². The molecule has 0 fully saturated rings. The van der Waals surface area contributed by atoms with Crippen LogP contribution in [0.15, 0.2) is 0 Å². The molecule has 3 heteroatoms. The molecule has 0 saturated carbocycles. The van der Waals surface area contributed by atoms with Crippen molar-refractivity contribution in [2.24, 2.45) is 5.92 Å². The highest BCUT2D eigenvalue weighted by Gasteiger charge is 2.32. The van der Waals surface area contributed by atoms with Gasteiger partial charge in [-0.2, -0.15) is 0 Å². The smallest absolute Gasteiger partial charge is 0.323 e. The molecule has 3 nitrogen and oxygen atoms in total. The zero-order valence-corrected chi connectivity index (χ0v) is 8.35. The Kier molecular flexibility index (Phi) is 4.24. The lowest BCUT2D eigenvalue weighted by atomic mass is 9.91. The first-order chi connectivity index (χ1) is 5.42. The van der Waals surface area contributed by atoms with Crippen molar-refractivity contribution < 1.29 is 9.90 Å². The molecular formula is C9H19NO2. The Hall–Kier alpha value is -0.570. The van der Waals surface area contributed by atoms with Gasteiger partial charge in [0.25, 0.3) is 0 Å². The molecule has 0 aliphatic carbocycles. The molecule has 0 bridgehead atoms. The predicted molar refractivity (Wildman–Crippen MR) is 49.2 cm³/mol. The van der Waals surface area contributed by atoms with Crippen molar-refractivity contribution in [2.75, 3.05) is 6.54 Å². The molecule has 1 unspecified atom stereocenters. The third kappa shape index (κ3) is 3.22. The van der Waals surface area contributed by atoms with E-state index in [4.69, 9.17) is 5.11 Å². The van der Waals surface area contributed by atoms with E-state index < -0.39 is 11.5 Å². The lowest BCUT2D eigenvalue weighted by molar-refractivity contribution is -0.144. The number of likely N-dealkylation sites (N-methyl/N-ethyl adjacent to an activating group) is 1. The molecule has 12 heavy (non-hydrogen) atoms. The van der Waals surface area contributed by atoms with Crippen molar-refractivity contribution >= 4 is 5.97 Å². The van der Waals surface area contributed by atoms with Crippen molar-refractivity contribution in [1.82, 2.24) is 5.32 Å². The lowest BCUT2D eigenvalue weighted by Gasteiger charge is -2.27. The molecule has 0 aromatic rings. The standard InChI is InChI=1S/C9H19NO2/c1-5-10-9(4,8(11)12)6-7(2)3/h7,10H,5-6H2,1-4H3,(H,11,12). The quantitative estimate of drug-likeness (QED) is 0.662. The van der Waals surface area contributed by atoms with Crippen LogP contribution >= 0.6 is 0 Å². The molecule has 0 spiro atoms. The van der Waals surface area contributed by atoms with E-state index in [1.165, 1.54) is 0 Å². The Morgan fingerprint density at radius 2 is 2.08 bits per heavy atom. The Morgan fingerprint density at radius 1 is 1.58 bits per heavy atom. The fourth-order valence-electron chi connectivity index (χ4n) is 1.44. The maximum absolute atomic E-state index is 10.9. The predicted octanol–water partition coefficient (Wildman–Crippen LogP) is 1.49.